The molecule has 0 heterocycles. The van der Waals surface area contributed by atoms with Gasteiger partial charge in [0, 0.05) is 6.61 Å². The third-order valence-corrected chi connectivity index (χ3v) is 1.35. The molecule has 0 unspecified atom stereocenters. The zero-order chi connectivity index (χ0) is 7.33. The highest BCUT2D eigenvalue weighted by Crippen LogP contribution is 1.97. The smallest absolute Gasteiger partial charge is 0.269 e. The van der Waals surface area contributed by atoms with Gasteiger partial charge in [-0.15, -0.1) is 0 Å². The maximum Gasteiger partial charge on any atom is 0.269 e. The summed E-state index contributed by atoms with van der Waals surface area (Å²) in [6, 6.07) is 0. The fraction of sp³-hybridized carbons (Fsp3) is 0.750. The zero-order valence-electron chi connectivity index (χ0n) is 4.82. The molecule has 5 heteroatoms. The van der Waals surface area contributed by atoms with Gasteiger partial charge in [-0.3, -0.25) is 4.55 Å². The van der Waals surface area contributed by atoms with Gasteiger partial charge < -0.3 is 5.11 Å². The van der Waals surface area contributed by atoms with Crippen molar-refractivity contribution in [1.82, 2.24) is 0 Å². The van der Waals surface area contributed by atoms with Crippen molar-refractivity contribution in [3.63, 3.8) is 0 Å². The summed E-state index contributed by atoms with van der Waals surface area (Å²) in [6.45, 7) is -0.0635. The first-order chi connectivity index (χ1) is 4.06. The van der Waals surface area contributed by atoms with Gasteiger partial charge >= 0.3 is 0 Å². The largest absolute Gasteiger partial charge is 0.396 e. The van der Waals surface area contributed by atoms with Crippen LogP contribution in [0.3, 0.4) is 0 Å². The molecule has 0 aromatic carbocycles. The predicted octanol–water partition coefficient (Wildman–Crippen LogP) is -0.192. The van der Waals surface area contributed by atoms with E-state index in [1.165, 1.54) is 0 Å². The van der Waals surface area contributed by atoms with E-state index < -0.39 is 10.1 Å². The Kier molecular flexibility index (Phi) is 3.76. The summed E-state index contributed by atoms with van der Waals surface area (Å²) < 4.78 is 27.9. The summed E-state index contributed by atoms with van der Waals surface area (Å²) in [6.07, 6.45) is 0.551. The van der Waals surface area contributed by atoms with Crippen LogP contribution in [0.1, 0.15) is 12.8 Å². The van der Waals surface area contributed by atoms with Gasteiger partial charge in [-0.2, -0.15) is 8.42 Å². The topological polar surface area (TPSA) is 74.6 Å². The Morgan fingerprint density at radius 3 is 2.33 bits per heavy atom. The highest BCUT2D eigenvalue weighted by atomic mass is 32.2. The molecule has 0 bridgehead atoms. The highest BCUT2D eigenvalue weighted by Gasteiger charge is 2.02. The van der Waals surface area contributed by atoms with Gasteiger partial charge in [0.05, 0.1) is 0 Å². The van der Waals surface area contributed by atoms with Crippen LogP contribution in [0.4, 0.5) is 0 Å². The molecule has 0 spiro atoms. The van der Waals surface area contributed by atoms with Crippen molar-refractivity contribution in [3.8, 4) is 0 Å². The molecule has 0 saturated heterocycles. The minimum absolute atomic E-state index is 0.0635. The standard InChI is InChI=1S/C4H9O4S/c5-3-1-2-4-9(6,7)8/h4-5H,1-3H2,(H,6,7,8). The summed E-state index contributed by atoms with van der Waals surface area (Å²) in [5.74, 6) is 0.767. The Bertz CT molecular complexity index is 148. The SMILES string of the molecule is O=S(=O)(O)[CH]CCCO. The normalized spacial score (nSPS) is 11.8. The van der Waals surface area contributed by atoms with E-state index in [1.807, 2.05) is 0 Å². The van der Waals surface area contributed by atoms with Crippen LogP contribution in [0.5, 0.6) is 0 Å². The number of hydrogen-bond acceptors (Lipinski definition) is 3. The van der Waals surface area contributed by atoms with Gasteiger partial charge in [0.15, 0.2) is 0 Å². The van der Waals surface area contributed by atoms with E-state index in [0.717, 1.165) is 5.75 Å². The highest BCUT2D eigenvalue weighted by molar-refractivity contribution is 7.87. The van der Waals surface area contributed by atoms with Gasteiger partial charge in [-0.05, 0) is 12.8 Å². The molecule has 0 rings (SSSR count). The monoisotopic (exact) mass is 153 g/mol. The predicted molar refractivity (Wildman–Crippen MR) is 32.2 cm³/mol. The molecule has 0 saturated carbocycles. The second kappa shape index (κ2) is 3.81. The van der Waals surface area contributed by atoms with E-state index in [1.54, 1.807) is 0 Å². The molecular formula is C4H9O4S. The Morgan fingerprint density at radius 1 is 1.44 bits per heavy atom. The van der Waals surface area contributed by atoms with Gasteiger partial charge in [0.1, 0.15) is 5.75 Å². The Hall–Kier alpha value is -0.130. The summed E-state index contributed by atoms with van der Waals surface area (Å²) in [4.78, 5) is 0. The lowest BCUT2D eigenvalue weighted by molar-refractivity contribution is 0.288. The van der Waals surface area contributed by atoms with Crippen LogP contribution in [-0.2, 0) is 10.1 Å². The Labute approximate surface area is 54.3 Å². The number of rotatable bonds is 4. The van der Waals surface area contributed by atoms with Gasteiger partial charge in [-0.1, -0.05) is 0 Å². The number of hydrogen-bond donors (Lipinski definition) is 2. The van der Waals surface area contributed by atoms with Crippen molar-refractivity contribution < 1.29 is 18.1 Å². The molecule has 0 aliphatic rings. The first-order valence-corrected chi connectivity index (χ1v) is 3.98. The molecule has 0 aliphatic heterocycles. The summed E-state index contributed by atoms with van der Waals surface area (Å²) in [7, 11) is -3.93. The Morgan fingerprint density at radius 2 is 2.00 bits per heavy atom. The van der Waals surface area contributed by atoms with E-state index in [0.29, 0.717) is 6.42 Å². The summed E-state index contributed by atoms with van der Waals surface area (Å²) in [5.41, 5.74) is 0. The second-order valence-electron chi connectivity index (χ2n) is 1.55. The molecule has 0 fully saturated rings. The van der Waals surface area contributed by atoms with Crippen molar-refractivity contribution in [2.24, 2.45) is 0 Å². The molecule has 1 radical (unpaired) electrons. The zero-order valence-corrected chi connectivity index (χ0v) is 5.63. The summed E-state index contributed by atoms with van der Waals surface area (Å²) in [5, 5.41) is 8.17. The van der Waals surface area contributed by atoms with Crippen molar-refractivity contribution >= 4 is 10.1 Å². The molecule has 55 valence electrons. The van der Waals surface area contributed by atoms with Crippen molar-refractivity contribution in [2.75, 3.05) is 6.61 Å². The third kappa shape index (κ3) is 7.87. The van der Waals surface area contributed by atoms with Crippen molar-refractivity contribution in [3.05, 3.63) is 5.75 Å². The maximum absolute atomic E-state index is 9.92. The second-order valence-corrected chi connectivity index (χ2v) is 2.91. The minimum Gasteiger partial charge on any atom is -0.396 e. The van der Waals surface area contributed by atoms with E-state index in [4.69, 9.17) is 9.66 Å². The fourth-order valence-corrected chi connectivity index (χ4v) is 0.788. The van der Waals surface area contributed by atoms with Gasteiger partial charge in [-0.25, -0.2) is 0 Å². The van der Waals surface area contributed by atoms with Gasteiger partial charge in [0.2, 0.25) is 0 Å². The molecule has 0 atom stereocenters. The van der Waals surface area contributed by atoms with Crippen LogP contribution in [-0.4, -0.2) is 24.7 Å². The van der Waals surface area contributed by atoms with Gasteiger partial charge in [0.25, 0.3) is 10.1 Å². The van der Waals surface area contributed by atoms with Crippen molar-refractivity contribution in [2.45, 2.75) is 12.8 Å². The van der Waals surface area contributed by atoms with Crippen LogP contribution >= 0.6 is 0 Å². The average molecular weight is 153 g/mol. The quantitative estimate of drug-likeness (QED) is 0.433. The first kappa shape index (κ1) is 8.87. The molecule has 0 aliphatic carbocycles. The molecule has 4 nitrogen and oxygen atoms in total. The van der Waals surface area contributed by atoms with E-state index in [2.05, 4.69) is 0 Å². The fourth-order valence-electron chi connectivity index (χ4n) is 0.324. The van der Waals surface area contributed by atoms with E-state index >= 15 is 0 Å². The van der Waals surface area contributed by atoms with Crippen LogP contribution in [0.2, 0.25) is 0 Å². The average Bonchev–Trinajstić information content (AvgIpc) is 1.63. The lowest BCUT2D eigenvalue weighted by Gasteiger charge is -1.91. The molecular weight excluding hydrogens is 144 g/mol. The number of unbranched alkanes of at least 4 members (excludes halogenated alkanes) is 1. The minimum atomic E-state index is -3.93. The third-order valence-electron chi connectivity index (χ3n) is 0.691. The van der Waals surface area contributed by atoms with Crippen LogP contribution in [0.25, 0.3) is 0 Å². The molecule has 2 N–H and O–H groups in total. The molecule has 0 amide bonds. The molecule has 9 heavy (non-hydrogen) atoms. The number of aliphatic hydroxyl groups excluding tert-OH is 1. The molecule has 0 aromatic rings. The summed E-state index contributed by atoms with van der Waals surface area (Å²) >= 11 is 0. The Balaban J connectivity index is 3.30. The lowest BCUT2D eigenvalue weighted by Crippen LogP contribution is -1.97. The van der Waals surface area contributed by atoms with Crippen molar-refractivity contribution in [1.29, 1.82) is 0 Å². The van der Waals surface area contributed by atoms with E-state index in [9.17, 15) is 8.42 Å². The van der Waals surface area contributed by atoms with Crippen LogP contribution in [0.15, 0.2) is 0 Å². The number of aliphatic hydroxyl groups is 1. The first-order valence-electron chi connectivity index (χ1n) is 2.48. The van der Waals surface area contributed by atoms with Crippen LogP contribution in [0, 0.1) is 5.75 Å². The maximum atomic E-state index is 9.92. The van der Waals surface area contributed by atoms with E-state index in [-0.39, 0.29) is 13.0 Å². The molecule has 0 aromatic heterocycles. The van der Waals surface area contributed by atoms with Crippen LogP contribution < -0.4 is 0 Å². The lowest BCUT2D eigenvalue weighted by atomic mass is 10.4.